The highest BCUT2D eigenvalue weighted by atomic mass is 32.2. The van der Waals surface area contributed by atoms with E-state index in [1.165, 1.54) is 0 Å². The maximum atomic E-state index is 4.51. The Labute approximate surface area is 103 Å². The van der Waals surface area contributed by atoms with E-state index < -0.39 is 0 Å². The normalized spacial score (nSPS) is 13.1. The van der Waals surface area contributed by atoms with Gasteiger partial charge in [-0.1, -0.05) is 20.8 Å². The molecule has 1 rings (SSSR count). The quantitative estimate of drug-likeness (QED) is 0.830. The molecule has 0 aliphatic heterocycles. The van der Waals surface area contributed by atoms with Crippen LogP contribution in [0.25, 0.3) is 0 Å². The molecule has 0 aliphatic carbocycles. The lowest BCUT2D eigenvalue weighted by Gasteiger charge is -2.14. The van der Waals surface area contributed by atoms with E-state index in [4.69, 9.17) is 0 Å². The van der Waals surface area contributed by atoms with Gasteiger partial charge in [-0.3, -0.25) is 0 Å². The van der Waals surface area contributed by atoms with Crippen molar-refractivity contribution in [2.45, 2.75) is 39.5 Å². The van der Waals surface area contributed by atoms with E-state index in [-0.39, 0.29) is 0 Å². The lowest BCUT2D eigenvalue weighted by Crippen LogP contribution is -2.15. The van der Waals surface area contributed by atoms with E-state index >= 15 is 0 Å². The molecular formula is C12H23N3S. The maximum absolute atomic E-state index is 4.51. The molecule has 0 aromatic carbocycles. The van der Waals surface area contributed by atoms with Crippen LogP contribution < -0.4 is 5.32 Å². The van der Waals surface area contributed by atoms with Gasteiger partial charge in [-0.15, -0.1) is 0 Å². The SMILES string of the molecule is CSC(C)Cn1cc(C)nc1NCC(C)C. The molecule has 0 spiro atoms. The van der Waals surface area contributed by atoms with Crippen LogP contribution in [0.5, 0.6) is 0 Å². The molecule has 3 nitrogen and oxygen atoms in total. The zero-order valence-corrected chi connectivity index (χ0v) is 11.8. The molecule has 1 unspecified atom stereocenters. The fraction of sp³-hybridized carbons (Fsp3) is 0.750. The molecule has 0 bridgehead atoms. The van der Waals surface area contributed by atoms with Crippen LogP contribution in [-0.4, -0.2) is 27.6 Å². The largest absolute Gasteiger partial charge is 0.355 e. The number of nitrogens with zero attached hydrogens (tertiary/aromatic N) is 2. The second-order valence-corrected chi connectivity index (χ2v) is 5.96. The molecule has 0 amide bonds. The summed E-state index contributed by atoms with van der Waals surface area (Å²) in [5.41, 5.74) is 1.08. The van der Waals surface area contributed by atoms with Gasteiger partial charge in [-0.05, 0) is 19.1 Å². The minimum absolute atomic E-state index is 0.619. The third-order valence-electron chi connectivity index (χ3n) is 2.42. The molecule has 0 aliphatic rings. The van der Waals surface area contributed by atoms with Crippen LogP contribution in [-0.2, 0) is 6.54 Å². The fourth-order valence-corrected chi connectivity index (χ4v) is 1.78. The van der Waals surface area contributed by atoms with Crippen molar-refractivity contribution >= 4 is 17.7 Å². The molecule has 0 saturated carbocycles. The second kappa shape index (κ2) is 6.18. The first-order valence-electron chi connectivity index (χ1n) is 5.83. The Balaban J connectivity index is 2.67. The number of rotatable bonds is 6. The third kappa shape index (κ3) is 4.08. The van der Waals surface area contributed by atoms with Crippen LogP contribution in [0.15, 0.2) is 6.20 Å². The number of hydrogen-bond donors (Lipinski definition) is 1. The van der Waals surface area contributed by atoms with Crippen LogP contribution in [0, 0.1) is 12.8 Å². The van der Waals surface area contributed by atoms with Crippen LogP contribution in [0.3, 0.4) is 0 Å². The van der Waals surface area contributed by atoms with Gasteiger partial charge in [-0.2, -0.15) is 11.8 Å². The smallest absolute Gasteiger partial charge is 0.203 e. The van der Waals surface area contributed by atoms with Crippen molar-refractivity contribution in [1.29, 1.82) is 0 Å². The highest BCUT2D eigenvalue weighted by Crippen LogP contribution is 2.14. The Morgan fingerprint density at radius 2 is 2.12 bits per heavy atom. The van der Waals surface area contributed by atoms with E-state index in [1.54, 1.807) is 0 Å². The lowest BCUT2D eigenvalue weighted by molar-refractivity contribution is 0.659. The molecule has 16 heavy (non-hydrogen) atoms. The molecule has 92 valence electrons. The molecule has 1 atom stereocenters. The van der Waals surface area contributed by atoms with Gasteiger partial charge in [0.05, 0.1) is 5.69 Å². The highest BCUT2D eigenvalue weighted by molar-refractivity contribution is 7.99. The van der Waals surface area contributed by atoms with Crippen molar-refractivity contribution < 1.29 is 0 Å². The van der Waals surface area contributed by atoms with Crippen molar-refractivity contribution in [1.82, 2.24) is 9.55 Å². The summed E-state index contributed by atoms with van der Waals surface area (Å²) < 4.78 is 2.22. The summed E-state index contributed by atoms with van der Waals surface area (Å²) in [5, 5.41) is 4.02. The first-order chi connectivity index (χ1) is 7.52. The van der Waals surface area contributed by atoms with Gasteiger partial charge in [0.1, 0.15) is 0 Å². The standard InChI is InChI=1S/C12H23N3S/c1-9(2)6-13-12-14-10(3)7-15(12)8-11(4)16-5/h7,9,11H,6,8H2,1-5H3,(H,13,14). The van der Waals surface area contributed by atoms with Crippen molar-refractivity contribution in [3.8, 4) is 0 Å². The monoisotopic (exact) mass is 241 g/mol. The predicted molar refractivity (Wildman–Crippen MR) is 73.3 cm³/mol. The first kappa shape index (κ1) is 13.4. The molecule has 1 aromatic rings. The summed E-state index contributed by atoms with van der Waals surface area (Å²) in [5.74, 6) is 1.65. The minimum atomic E-state index is 0.619. The van der Waals surface area contributed by atoms with Crippen molar-refractivity contribution in [3.63, 3.8) is 0 Å². The van der Waals surface area contributed by atoms with Gasteiger partial charge in [0.2, 0.25) is 5.95 Å². The molecule has 1 N–H and O–H groups in total. The van der Waals surface area contributed by atoms with Gasteiger partial charge in [-0.25, -0.2) is 4.98 Å². The number of imidazole rings is 1. The van der Waals surface area contributed by atoms with Crippen LogP contribution >= 0.6 is 11.8 Å². The minimum Gasteiger partial charge on any atom is -0.355 e. The summed E-state index contributed by atoms with van der Waals surface area (Å²) in [4.78, 5) is 4.51. The molecule has 0 radical (unpaired) electrons. The zero-order chi connectivity index (χ0) is 12.1. The van der Waals surface area contributed by atoms with Crippen LogP contribution in [0.2, 0.25) is 0 Å². The van der Waals surface area contributed by atoms with Crippen molar-refractivity contribution in [2.75, 3.05) is 18.1 Å². The number of nitrogens with one attached hydrogen (secondary N) is 1. The van der Waals surface area contributed by atoms with Crippen LogP contribution in [0.4, 0.5) is 5.95 Å². The van der Waals surface area contributed by atoms with E-state index in [1.807, 2.05) is 18.7 Å². The number of hydrogen-bond acceptors (Lipinski definition) is 3. The van der Waals surface area contributed by atoms with E-state index in [0.717, 1.165) is 24.7 Å². The third-order valence-corrected chi connectivity index (χ3v) is 3.38. The average molecular weight is 241 g/mol. The van der Waals surface area contributed by atoms with Crippen molar-refractivity contribution in [3.05, 3.63) is 11.9 Å². The van der Waals surface area contributed by atoms with E-state index in [0.29, 0.717) is 11.2 Å². The molecular weight excluding hydrogens is 218 g/mol. The topological polar surface area (TPSA) is 29.9 Å². The molecule has 4 heteroatoms. The molecule has 1 heterocycles. The van der Waals surface area contributed by atoms with Gasteiger partial charge < -0.3 is 9.88 Å². The molecule has 0 saturated heterocycles. The second-order valence-electron chi connectivity index (χ2n) is 4.68. The average Bonchev–Trinajstić information content (AvgIpc) is 2.55. The van der Waals surface area contributed by atoms with Crippen LogP contribution in [0.1, 0.15) is 26.5 Å². The highest BCUT2D eigenvalue weighted by Gasteiger charge is 2.08. The van der Waals surface area contributed by atoms with E-state index in [9.17, 15) is 0 Å². The molecule has 1 aromatic heterocycles. The van der Waals surface area contributed by atoms with Gasteiger partial charge in [0.25, 0.3) is 0 Å². The zero-order valence-electron chi connectivity index (χ0n) is 10.9. The van der Waals surface area contributed by atoms with Gasteiger partial charge >= 0.3 is 0 Å². The Hall–Kier alpha value is -0.640. The Morgan fingerprint density at radius 1 is 1.44 bits per heavy atom. The van der Waals surface area contributed by atoms with E-state index in [2.05, 4.69) is 48.1 Å². The predicted octanol–water partition coefficient (Wildman–Crippen LogP) is 3.01. The Morgan fingerprint density at radius 3 is 2.69 bits per heavy atom. The fourth-order valence-electron chi connectivity index (χ4n) is 1.47. The summed E-state index contributed by atoms with van der Waals surface area (Å²) in [7, 11) is 0. The Bertz CT molecular complexity index is 320. The first-order valence-corrected chi connectivity index (χ1v) is 7.12. The number of aromatic nitrogens is 2. The lowest BCUT2D eigenvalue weighted by atomic mass is 10.2. The van der Waals surface area contributed by atoms with Gasteiger partial charge in [0, 0.05) is 24.5 Å². The number of thioether (sulfide) groups is 1. The summed E-state index contributed by atoms with van der Waals surface area (Å²) in [6.45, 7) is 10.7. The number of aryl methyl sites for hydroxylation is 1. The summed E-state index contributed by atoms with van der Waals surface area (Å²) in [6.07, 6.45) is 4.27. The maximum Gasteiger partial charge on any atom is 0.203 e. The summed E-state index contributed by atoms with van der Waals surface area (Å²) >= 11 is 1.89. The summed E-state index contributed by atoms with van der Waals surface area (Å²) in [6, 6.07) is 0. The van der Waals surface area contributed by atoms with Gasteiger partial charge in [0.15, 0.2) is 0 Å². The molecule has 0 fully saturated rings. The van der Waals surface area contributed by atoms with Crippen molar-refractivity contribution in [2.24, 2.45) is 5.92 Å². The Kier molecular flexibility index (Phi) is 5.19. The number of anilines is 1.